The van der Waals surface area contributed by atoms with Gasteiger partial charge in [-0.25, -0.2) is 10.2 Å². The van der Waals surface area contributed by atoms with E-state index >= 15 is 0 Å². The van der Waals surface area contributed by atoms with Crippen LogP contribution < -0.4 is 5.43 Å². The van der Waals surface area contributed by atoms with Gasteiger partial charge in [-0.15, -0.1) is 0 Å². The number of amides is 1. The van der Waals surface area contributed by atoms with Gasteiger partial charge in [0.2, 0.25) is 0 Å². The van der Waals surface area contributed by atoms with Gasteiger partial charge in [0.25, 0.3) is 0 Å². The molecule has 1 aromatic carbocycles. The van der Waals surface area contributed by atoms with E-state index in [1.807, 2.05) is 0 Å². The van der Waals surface area contributed by atoms with Crippen LogP contribution in [0.2, 0.25) is 0 Å². The first-order chi connectivity index (χ1) is 12.0. The summed E-state index contributed by atoms with van der Waals surface area (Å²) in [6.45, 7) is 1.74. The van der Waals surface area contributed by atoms with E-state index in [9.17, 15) is 9.59 Å². The zero-order chi connectivity index (χ0) is 17.8. The summed E-state index contributed by atoms with van der Waals surface area (Å²) in [6.07, 6.45) is 1.35. The lowest BCUT2D eigenvalue weighted by Gasteiger charge is -1.99. The highest BCUT2D eigenvalue weighted by atomic mass is 16.4. The molecular formula is C18H14N2O5. The molecule has 0 bridgehead atoms. The van der Waals surface area contributed by atoms with Gasteiger partial charge in [-0.2, -0.15) is 5.10 Å². The summed E-state index contributed by atoms with van der Waals surface area (Å²) in [7, 11) is 0. The monoisotopic (exact) mass is 338 g/mol. The maximum atomic E-state index is 11.8. The second kappa shape index (κ2) is 6.88. The smallest absolute Gasteiger partial charge is 0.335 e. The molecule has 3 aromatic rings. The molecule has 0 saturated heterocycles. The van der Waals surface area contributed by atoms with Crippen LogP contribution in [0.15, 0.2) is 62.5 Å². The molecule has 1 amide bonds. The van der Waals surface area contributed by atoms with Crippen LogP contribution in [-0.4, -0.2) is 23.2 Å². The minimum absolute atomic E-state index is 0.167. The van der Waals surface area contributed by atoms with E-state index in [0.29, 0.717) is 22.8 Å². The Morgan fingerprint density at radius 2 is 1.96 bits per heavy atom. The molecule has 0 aliphatic heterocycles. The molecule has 2 heterocycles. The Hall–Kier alpha value is -3.61. The van der Waals surface area contributed by atoms with Crippen molar-refractivity contribution in [3.8, 4) is 11.3 Å². The average Bonchev–Trinajstić information content (AvgIpc) is 3.24. The predicted molar refractivity (Wildman–Crippen MR) is 89.6 cm³/mol. The molecular weight excluding hydrogens is 324 g/mol. The number of carbonyl (C=O) groups is 2. The van der Waals surface area contributed by atoms with E-state index in [2.05, 4.69) is 10.5 Å². The number of benzene rings is 1. The molecule has 0 atom stereocenters. The maximum Gasteiger partial charge on any atom is 0.335 e. The first-order valence-corrected chi connectivity index (χ1v) is 7.36. The summed E-state index contributed by atoms with van der Waals surface area (Å²) in [4.78, 5) is 22.8. The van der Waals surface area contributed by atoms with E-state index in [0.717, 1.165) is 0 Å². The van der Waals surface area contributed by atoms with Crippen LogP contribution in [0.5, 0.6) is 0 Å². The first-order valence-electron chi connectivity index (χ1n) is 7.36. The number of furan rings is 2. The van der Waals surface area contributed by atoms with Crippen molar-refractivity contribution in [1.82, 2.24) is 5.43 Å². The van der Waals surface area contributed by atoms with Crippen molar-refractivity contribution in [3.05, 3.63) is 71.4 Å². The van der Waals surface area contributed by atoms with Gasteiger partial charge in [-0.3, -0.25) is 4.79 Å². The summed E-state index contributed by atoms with van der Waals surface area (Å²) in [5.41, 5.74) is 3.14. The molecule has 126 valence electrons. The molecule has 2 N–H and O–H groups in total. The van der Waals surface area contributed by atoms with Gasteiger partial charge >= 0.3 is 11.9 Å². The quantitative estimate of drug-likeness (QED) is 0.548. The highest BCUT2D eigenvalue weighted by Gasteiger charge is 2.09. The van der Waals surface area contributed by atoms with Crippen LogP contribution in [0.1, 0.15) is 32.4 Å². The average molecular weight is 338 g/mol. The maximum absolute atomic E-state index is 11.8. The fraction of sp³-hybridized carbons (Fsp3) is 0.0556. The van der Waals surface area contributed by atoms with Crippen molar-refractivity contribution in [1.29, 1.82) is 0 Å². The van der Waals surface area contributed by atoms with E-state index in [4.69, 9.17) is 13.9 Å². The highest BCUT2D eigenvalue weighted by molar-refractivity contribution is 5.92. The van der Waals surface area contributed by atoms with Crippen molar-refractivity contribution in [2.75, 3.05) is 0 Å². The lowest BCUT2D eigenvalue weighted by molar-refractivity contribution is 0.0696. The van der Waals surface area contributed by atoms with E-state index in [-0.39, 0.29) is 11.3 Å². The van der Waals surface area contributed by atoms with Crippen molar-refractivity contribution < 1.29 is 23.5 Å². The number of rotatable bonds is 5. The summed E-state index contributed by atoms with van der Waals surface area (Å²) in [6, 6.07) is 13.0. The topological polar surface area (TPSA) is 105 Å². The van der Waals surface area contributed by atoms with Crippen LogP contribution in [0, 0.1) is 6.92 Å². The molecule has 0 saturated carbocycles. The minimum atomic E-state index is -1.01. The van der Waals surface area contributed by atoms with E-state index < -0.39 is 11.9 Å². The van der Waals surface area contributed by atoms with Gasteiger partial charge in [0.05, 0.1) is 11.8 Å². The number of hydrogen-bond acceptors (Lipinski definition) is 5. The van der Waals surface area contributed by atoms with Gasteiger partial charge < -0.3 is 13.9 Å². The number of carbonyl (C=O) groups excluding carboxylic acids is 1. The molecule has 0 radical (unpaired) electrons. The van der Waals surface area contributed by atoms with Crippen molar-refractivity contribution >= 4 is 18.1 Å². The number of nitrogens with one attached hydrogen (secondary N) is 1. The van der Waals surface area contributed by atoms with Crippen LogP contribution >= 0.6 is 0 Å². The van der Waals surface area contributed by atoms with Crippen molar-refractivity contribution in [3.63, 3.8) is 0 Å². The van der Waals surface area contributed by atoms with Gasteiger partial charge in [-0.05, 0) is 43.3 Å². The number of carboxylic acids is 1. The first kappa shape index (κ1) is 16.3. The molecule has 7 nitrogen and oxygen atoms in total. The lowest BCUT2D eigenvalue weighted by Crippen LogP contribution is -2.16. The normalized spacial score (nSPS) is 10.9. The SMILES string of the molecule is Cc1ccc(C(=O)NN=Cc2ccc(-c3cccc(C(=O)O)c3)o2)o1. The molecule has 0 aliphatic rings. The Balaban J connectivity index is 1.68. The Labute approximate surface area is 142 Å². The van der Waals surface area contributed by atoms with Crippen LogP contribution in [0.3, 0.4) is 0 Å². The van der Waals surface area contributed by atoms with Crippen LogP contribution in [-0.2, 0) is 0 Å². The second-order valence-corrected chi connectivity index (χ2v) is 5.20. The summed E-state index contributed by atoms with van der Waals surface area (Å²) in [5.74, 6) is 0.231. The molecule has 25 heavy (non-hydrogen) atoms. The van der Waals surface area contributed by atoms with Gasteiger partial charge in [0.15, 0.2) is 5.76 Å². The number of aromatic carboxylic acids is 1. The van der Waals surface area contributed by atoms with Gasteiger partial charge in [0.1, 0.15) is 17.3 Å². The summed E-state index contributed by atoms with van der Waals surface area (Å²) in [5, 5.41) is 12.8. The number of hydrazone groups is 1. The standard InChI is InChI=1S/C18H14N2O5/c1-11-5-7-16(24-11)17(21)20-19-10-14-6-8-15(25-14)12-3-2-4-13(9-12)18(22)23/h2-10H,1H3,(H,20,21)(H,22,23). The predicted octanol–water partition coefficient (Wildman–Crippen LogP) is 3.31. The molecule has 0 aliphatic carbocycles. The zero-order valence-corrected chi connectivity index (χ0v) is 13.2. The van der Waals surface area contributed by atoms with Crippen molar-refractivity contribution in [2.24, 2.45) is 5.10 Å². The molecule has 3 rings (SSSR count). The summed E-state index contributed by atoms with van der Waals surface area (Å²) < 4.78 is 10.8. The Kier molecular flexibility index (Phi) is 4.47. The number of aryl methyl sites for hydroxylation is 1. The molecule has 7 heteroatoms. The molecule has 0 fully saturated rings. The number of hydrogen-bond donors (Lipinski definition) is 2. The summed E-state index contributed by atoms with van der Waals surface area (Å²) >= 11 is 0. The van der Waals surface area contributed by atoms with E-state index in [1.54, 1.807) is 43.3 Å². The molecule has 0 spiro atoms. The van der Waals surface area contributed by atoms with Gasteiger partial charge in [0, 0.05) is 5.56 Å². The Bertz CT molecular complexity index is 952. The fourth-order valence-electron chi connectivity index (χ4n) is 2.15. The highest BCUT2D eigenvalue weighted by Crippen LogP contribution is 2.22. The second-order valence-electron chi connectivity index (χ2n) is 5.20. The number of nitrogens with zero attached hydrogens (tertiary/aromatic N) is 1. The third kappa shape index (κ3) is 3.84. The molecule has 0 unspecified atom stereocenters. The largest absolute Gasteiger partial charge is 0.478 e. The third-order valence-corrected chi connectivity index (χ3v) is 3.34. The Morgan fingerprint density at radius 3 is 2.68 bits per heavy atom. The van der Waals surface area contributed by atoms with Crippen molar-refractivity contribution in [2.45, 2.75) is 6.92 Å². The molecule has 2 aromatic heterocycles. The van der Waals surface area contributed by atoms with E-state index in [1.165, 1.54) is 18.3 Å². The third-order valence-electron chi connectivity index (χ3n) is 3.34. The van der Waals surface area contributed by atoms with Crippen LogP contribution in [0.4, 0.5) is 0 Å². The van der Waals surface area contributed by atoms with Crippen LogP contribution in [0.25, 0.3) is 11.3 Å². The minimum Gasteiger partial charge on any atom is -0.478 e. The lowest BCUT2D eigenvalue weighted by atomic mass is 10.1. The Morgan fingerprint density at radius 1 is 1.12 bits per heavy atom. The zero-order valence-electron chi connectivity index (χ0n) is 13.2. The van der Waals surface area contributed by atoms with Gasteiger partial charge in [-0.1, -0.05) is 12.1 Å². The fourth-order valence-corrected chi connectivity index (χ4v) is 2.15. The number of carboxylic acid groups (broad SMARTS) is 1.